The first-order chi connectivity index (χ1) is 11.4. The number of benzene rings is 1. The maximum absolute atomic E-state index is 12.0. The first-order valence-electron chi connectivity index (χ1n) is 8.02. The molecular weight excluding hydrogens is 306 g/mol. The van der Waals surface area contributed by atoms with Gasteiger partial charge in [0.25, 0.3) is 5.91 Å². The van der Waals surface area contributed by atoms with Crippen LogP contribution in [-0.4, -0.2) is 31.5 Å². The number of carbonyl (C=O) groups is 1. The Labute approximate surface area is 142 Å². The van der Waals surface area contributed by atoms with Crippen LogP contribution < -0.4 is 5.32 Å². The van der Waals surface area contributed by atoms with Gasteiger partial charge in [-0.3, -0.25) is 4.79 Å². The van der Waals surface area contributed by atoms with Crippen molar-refractivity contribution in [2.45, 2.75) is 33.8 Å². The summed E-state index contributed by atoms with van der Waals surface area (Å²) in [4.78, 5) is 22.4. The zero-order chi connectivity index (χ0) is 17.7. The van der Waals surface area contributed by atoms with E-state index in [4.69, 9.17) is 9.68 Å². The van der Waals surface area contributed by atoms with E-state index in [1.807, 2.05) is 31.2 Å². The topological polar surface area (TPSA) is 72.3 Å². The van der Waals surface area contributed by atoms with E-state index < -0.39 is 0 Å². The Kier molecular flexibility index (Phi) is 5.59. The van der Waals surface area contributed by atoms with Gasteiger partial charge in [-0.05, 0) is 19.3 Å². The van der Waals surface area contributed by atoms with Crippen molar-refractivity contribution < 1.29 is 14.5 Å². The average molecular weight is 331 g/mol. The van der Waals surface area contributed by atoms with Crippen molar-refractivity contribution in [3.05, 3.63) is 35.4 Å². The van der Waals surface area contributed by atoms with E-state index in [-0.39, 0.29) is 23.6 Å². The highest BCUT2D eigenvalue weighted by molar-refractivity contribution is 6.45. The zero-order valence-corrected chi connectivity index (χ0v) is 14.9. The van der Waals surface area contributed by atoms with Gasteiger partial charge in [-0.25, -0.2) is 0 Å². The molecule has 2 rings (SSSR count). The van der Waals surface area contributed by atoms with Crippen LogP contribution in [0.5, 0.6) is 0 Å². The second-order valence-corrected chi connectivity index (χ2v) is 6.33. The predicted octanol–water partition coefficient (Wildman–Crippen LogP) is 2.72. The van der Waals surface area contributed by atoms with Gasteiger partial charge in [-0.15, -0.1) is 0 Å². The monoisotopic (exact) mass is 331 g/mol. The highest BCUT2D eigenvalue weighted by atomic mass is 16.6. The van der Waals surface area contributed by atoms with E-state index in [0.717, 1.165) is 17.7 Å². The minimum absolute atomic E-state index is 0.157. The fourth-order valence-electron chi connectivity index (χ4n) is 2.68. The summed E-state index contributed by atoms with van der Waals surface area (Å²) in [6.07, 6.45) is 1.14. The summed E-state index contributed by atoms with van der Waals surface area (Å²) in [5, 5.41) is 10.7. The van der Waals surface area contributed by atoms with Gasteiger partial charge < -0.3 is 15.0 Å². The molecule has 0 radical (unpaired) electrons. The Morgan fingerprint density at radius 3 is 2.62 bits per heavy atom. The number of rotatable bonds is 7. The molecule has 1 N–H and O–H groups in total. The zero-order valence-electron chi connectivity index (χ0n) is 14.9. The maximum atomic E-state index is 12.0. The number of carbonyl (C=O) groups excluding carboxylic acids is 1. The van der Waals surface area contributed by atoms with Crippen LogP contribution in [0.4, 0.5) is 0 Å². The fourth-order valence-corrected chi connectivity index (χ4v) is 2.68. The molecule has 1 aliphatic carbocycles. The number of likely N-dealkylation sites (N-methyl/N-ethyl adjacent to an activating group) is 1. The summed E-state index contributed by atoms with van der Waals surface area (Å²) in [6, 6.07) is 7.42. The summed E-state index contributed by atoms with van der Waals surface area (Å²) in [5.74, 6) is 0.328. The summed E-state index contributed by atoms with van der Waals surface area (Å²) in [6.45, 7) is 6.67. The molecule has 0 spiro atoms. The van der Waals surface area contributed by atoms with Gasteiger partial charge in [0.05, 0.1) is 5.71 Å². The smallest absolute Gasteiger partial charge is 0.273 e. The molecule has 0 bridgehead atoms. The Hall–Kier alpha value is -2.37. The molecule has 130 valence electrons. The Bertz CT molecular complexity index is 669. The second-order valence-electron chi connectivity index (χ2n) is 6.33. The molecular formula is C18H25N3O3. The quantitative estimate of drug-likeness (QED) is 0.617. The number of amides is 1. The maximum Gasteiger partial charge on any atom is 0.273 e. The predicted molar refractivity (Wildman–Crippen MR) is 93.8 cm³/mol. The standard InChI is InChI=1S/C18H25N3O3/c1-12-10-18(12,3)13(2)20-24-11-14-8-6-7-9-15(14)16(21-23-5)17(22)19-4/h6-9,12H,10-11H2,1-5H3,(H,19,22)/b20-13-,21-16-. The van der Waals surface area contributed by atoms with E-state index in [1.165, 1.54) is 7.11 Å². The lowest BCUT2D eigenvalue weighted by atomic mass is 10.0. The van der Waals surface area contributed by atoms with Gasteiger partial charge in [0.2, 0.25) is 0 Å². The lowest BCUT2D eigenvalue weighted by Gasteiger charge is -2.12. The third kappa shape index (κ3) is 3.75. The summed E-state index contributed by atoms with van der Waals surface area (Å²) in [5.41, 5.74) is 2.86. The van der Waals surface area contributed by atoms with Gasteiger partial charge in [0, 0.05) is 23.6 Å². The number of nitrogens with one attached hydrogen (secondary N) is 1. The van der Waals surface area contributed by atoms with Crippen LogP contribution in [0.15, 0.2) is 34.6 Å². The van der Waals surface area contributed by atoms with Crippen molar-refractivity contribution in [3.8, 4) is 0 Å². The SMILES string of the molecule is CNC(=O)/C(=N\OC)c1ccccc1CO/N=C(/C)C1(C)CC1C. The molecule has 6 nitrogen and oxygen atoms in total. The lowest BCUT2D eigenvalue weighted by Crippen LogP contribution is -2.29. The normalized spacial score (nSPS) is 23.6. The molecule has 1 fully saturated rings. The van der Waals surface area contributed by atoms with Gasteiger partial charge in [0.15, 0.2) is 5.71 Å². The van der Waals surface area contributed by atoms with Crippen LogP contribution in [0, 0.1) is 11.3 Å². The van der Waals surface area contributed by atoms with Crippen molar-refractivity contribution in [3.63, 3.8) is 0 Å². The fraction of sp³-hybridized carbons (Fsp3) is 0.500. The Balaban J connectivity index is 2.16. The van der Waals surface area contributed by atoms with Crippen molar-refractivity contribution in [2.75, 3.05) is 14.2 Å². The largest absolute Gasteiger partial charge is 0.398 e. The minimum Gasteiger partial charge on any atom is -0.398 e. The van der Waals surface area contributed by atoms with Crippen LogP contribution in [0.3, 0.4) is 0 Å². The first kappa shape index (κ1) is 18.0. The van der Waals surface area contributed by atoms with Crippen molar-refractivity contribution >= 4 is 17.3 Å². The molecule has 1 saturated carbocycles. The van der Waals surface area contributed by atoms with Crippen LogP contribution in [0.25, 0.3) is 0 Å². The molecule has 2 unspecified atom stereocenters. The molecule has 1 aromatic rings. The van der Waals surface area contributed by atoms with E-state index in [0.29, 0.717) is 11.5 Å². The lowest BCUT2D eigenvalue weighted by molar-refractivity contribution is -0.114. The number of hydrogen-bond donors (Lipinski definition) is 1. The molecule has 6 heteroatoms. The Morgan fingerprint density at radius 2 is 2.04 bits per heavy atom. The average Bonchev–Trinajstić information content (AvgIpc) is 3.21. The van der Waals surface area contributed by atoms with E-state index >= 15 is 0 Å². The molecule has 1 amide bonds. The van der Waals surface area contributed by atoms with Gasteiger partial charge in [0.1, 0.15) is 13.7 Å². The third-order valence-electron chi connectivity index (χ3n) is 4.80. The molecule has 0 saturated heterocycles. The van der Waals surface area contributed by atoms with Crippen LogP contribution >= 0.6 is 0 Å². The highest BCUT2D eigenvalue weighted by Crippen LogP contribution is 2.52. The van der Waals surface area contributed by atoms with E-state index in [9.17, 15) is 4.79 Å². The molecule has 24 heavy (non-hydrogen) atoms. The third-order valence-corrected chi connectivity index (χ3v) is 4.80. The minimum atomic E-state index is -0.316. The number of nitrogens with zero attached hydrogens (tertiary/aromatic N) is 2. The molecule has 0 aromatic heterocycles. The summed E-state index contributed by atoms with van der Waals surface area (Å²) < 4.78 is 0. The second kappa shape index (κ2) is 7.47. The Morgan fingerprint density at radius 1 is 1.38 bits per heavy atom. The van der Waals surface area contributed by atoms with Crippen LogP contribution in [-0.2, 0) is 21.1 Å². The van der Waals surface area contributed by atoms with Crippen molar-refractivity contribution in [2.24, 2.45) is 21.6 Å². The molecule has 1 aromatic carbocycles. The van der Waals surface area contributed by atoms with Gasteiger partial charge in [-0.1, -0.05) is 48.4 Å². The van der Waals surface area contributed by atoms with Crippen molar-refractivity contribution in [1.29, 1.82) is 0 Å². The van der Waals surface area contributed by atoms with E-state index in [2.05, 4.69) is 29.5 Å². The first-order valence-corrected chi connectivity index (χ1v) is 8.02. The van der Waals surface area contributed by atoms with Crippen molar-refractivity contribution in [1.82, 2.24) is 5.32 Å². The number of oxime groups is 2. The molecule has 2 atom stereocenters. The van der Waals surface area contributed by atoms with Crippen LogP contribution in [0.1, 0.15) is 38.3 Å². The summed E-state index contributed by atoms with van der Waals surface area (Å²) in [7, 11) is 2.96. The summed E-state index contributed by atoms with van der Waals surface area (Å²) >= 11 is 0. The number of hydrogen-bond acceptors (Lipinski definition) is 5. The highest BCUT2D eigenvalue weighted by Gasteiger charge is 2.49. The van der Waals surface area contributed by atoms with Crippen LogP contribution in [0.2, 0.25) is 0 Å². The van der Waals surface area contributed by atoms with Gasteiger partial charge >= 0.3 is 0 Å². The molecule has 0 heterocycles. The molecule has 1 aliphatic rings. The molecule has 0 aliphatic heterocycles. The van der Waals surface area contributed by atoms with Gasteiger partial charge in [-0.2, -0.15) is 0 Å². The van der Waals surface area contributed by atoms with E-state index in [1.54, 1.807) is 7.05 Å².